The van der Waals surface area contributed by atoms with E-state index in [1.807, 2.05) is 0 Å². The average Bonchev–Trinajstić information content (AvgIpc) is 2.26. The van der Waals surface area contributed by atoms with E-state index in [4.69, 9.17) is 10.00 Å². The molecule has 1 aromatic rings. The molecule has 0 saturated carbocycles. The number of hydrogen-bond acceptors (Lipinski definition) is 4. The molecular formula is C10H12BrN3O. The highest BCUT2D eigenvalue weighted by Crippen LogP contribution is 2.16. The van der Waals surface area contributed by atoms with E-state index in [0.717, 1.165) is 17.4 Å². The Morgan fingerprint density at radius 1 is 1.67 bits per heavy atom. The first-order chi connectivity index (χ1) is 7.27. The van der Waals surface area contributed by atoms with Crippen molar-refractivity contribution in [1.82, 2.24) is 4.98 Å². The van der Waals surface area contributed by atoms with Crippen LogP contribution in [0.25, 0.3) is 0 Å². The number of nitrogens with one attached hydrogen (secondary N) is 1. The van der Waals surface area contributed by atoms with Crippen molar-refractivity contribution in [3.8, 4) is 6.07 Å². The van der Waals surface area contributed by atoms with Crippen LogP contribution in [-0.4, -0.2) is 25.2 Å². The van der Waals surface area contributed by atoms with Crippen molar-refractivity contribution in [1.29, 1.82) is 5.26 Å². The van der Waals surface area contributed by atoms with Crippen LogP contribution in [0.4, 0.5) is 5.82 Å². The Labute approximate surface area is 97.4 Å². The van der Waals surface area contributed by atoms with Crippen molar-refractivity contribution < 1.29 is 4.74 Å². The molecule has 0 bridgehead atoms. The second-order valence-corrected chi connectivity index (χ2v) is 3.85. The van der Waals surface area contributed by atoms with Crippen molar-refractivity contribution in [2.24, 2.45) is 0 Å². The molecule has 1 aromatic heterocycles. The number of rotatable bonds is 5. The van der Waals surface area contributed by atoms with Crippen LogP contribution in [0.5, 0.6) is 0 Å². The largest absolute Gasteiger partial charge is 0.385 e. The third-order valence-corrected chi connectivity index (χ3v) is 2.23. The van der Waals surface area contributed by atoms with Crippen LogP contribution < -0.4 is 5.32 Å². The first-order valence-corrected chi connectivity index (χ1v) is 5.35. The fourth-order valence-corrected chi connectivity index (χ4v) is 1.42. The van der Waals surface area contributed by atoms with Crippen LogP contribution in [0.15, 0.2) is 16.7 Å². The minimum atomic E-state index is 0.543. The molecule has 1 rings (SSSR count). The summed E-state index contributed by atoms with van der Waals surface area (Å²) >= 11 is 3.27. The van der Waals surface area contributed by atoms with Gasteiger partial charge in [-0.15, -0.1) is 0 Å². The van der Waals surface area contributed by atoms with Gasteiger partial charge in [-0.3, -0.25) is 0 Å². The first kappa shape index (κ1) is 12.0. The van der Waals surface area contributed by atoms with Crippen molar-refractivity contribution in [3.63, 3.8) is 0 Å². The molecule has 0 spiro atoms. The van der Waals surface area contributed by atoms with E-state index in [0.29, 0.717) is 18.0 Å². The monoisotopic (exact) mass is 269 g/mol. The highest BCUT2D eigenvalue weighted by Gasteiger charge is 2.02. The van der Waals surface area contributed by atoms with Gasteiger partial charge in [-0.25, -0.2) is 4.98 Å². The summed E-state index contributed by atoms with van der Waals surface area (Å²) in [5.41, 5.74) is 0.543. The molecule has 0 aliphatic rings. The summed E-state index contributed by atoms with van der Waals surface area (Å²) in [5.74, 6) is 0.622. The molecule has 0 atom stereocenters. The molecule has 1 heterocycles. The van der Waals surface area contributed by atoms with Crippen molar-refractivity contribution in [2.45, 2.75) is 6.42 Å². The molecule has 0 unspecified atom stereocenters. The summed E-state index contributed by atoms with van der Waals surface area (Å²) < 4.78 is 5.73. The number of nitriles is 1. The summed E-state index contributed by atoms with van der Waals surface area (Å²) in [7, 11) is 1.67. The number of hydrogen-bond donors (Lipinski definition) is 1. The highest BCUT2D eigenvalue weighted by atomic mass is 79.9. The molecule has 0 saturated heterocycles. The lowest BCUT2D eigenvalue weighted by Crippen LogP contribution is -2.07. The van der Waals surface area contributed by atoms with E-state index in [1.165, 1.54) is 0 Å². The number of anilines is 1. The number of ether oxygens (including phenoxy) is 1. The lowest BCUT2D eigenvalue weighted by molar-refractivity contribution is 0.198. The zero-order chi connectivity index (χ0) is 11.1. The number of nitrogens with zero attached hydrogens (tertiary/aromatic N) is 2. The average molecular weight is 270 g/mol. The maximum Gasteiger partial charge on any atom is 0.143 e. The van der Waals surface area contributed by atoms with Gasteiger partial charge in [-0.05, 0) is 28.4 Å². The highest BCUT2D eigenvalue weighted by molar-refractivity contribution is 9.10. The number of aromatic nitrogens is 1. The Kier molecular flexibility index (Phi) is 5.08. The van der Waals surface area contributed by atoms with Gasteiger partial charge in [-0.2, -0.15) is 5.26 Å². The zero-order valence-corrected chi connectivity index (χ0v) is 10.0. The van der Waals surface area contributed by atoms with E-state index < -0.39 is 0 Å². The smallest absolute Gasteiger partial charge is 0.143 e. The molecule has 0 aromatic carbocycles. The maximum atomic E-state index is 8.87. The quantitative estimate of drug-likeness (QED) is 0.833. The van der Waals surface area contributed by atoms with Crippen LogP contribution in [0.3, 0.4) is 0 Å². The minimum absolute atomic E-state index is 0.543. The van der Waals surface area contributed by atoms with Gasteiger partial charge >= 0.3 is 0 Å². The lowest BCUT2D eigenvalue weighted by atomic mass is 10.3. The van der Waals surface area contributed by atoms with Crippen molar-refractivity contribution in [2.75, 3.05) is 25.6 Å². The van der Waals surface area contributed by atoms with Gasteiger partial charge in [0.25, 0.3) is 0 Å². The normalized spacial score (nSPS) is 9.67. The third kappa shape index (κ3) is 3.86. The summed E-state index contributed by atoms with van der Waals surface area (Å²) in [6, 6.07) is 3.83. The fourth-order valence-electron chi connectivity index (χ4n) is 1.09. The topological polar surface area (TPSA) is 57.9 Å². The van der Waals surface area contributed by atoms with Crippen LogP contribution in [0.2, 0.25) is 0 Å². The van der Waals surface area contributed by atoms with Crippen LogP contribution in [0.1, 0.15) is 12.0 Å². The number of halogens is 1. The summed E-state index contributed by atoms with van der Waals surface area (Å²) in [4.78, 5) is 4.13. The lowest BCUT2D eigenvalue weighted by Gasteiger charge is -2.06. The first-order valence-electron chi connectivity index (χ1n) is 4.56. The molecule has 80 valence electrons. The van der Waals surface area contributed by atoms with Crippen molar-refractivity contribution in [3.05, 3.63) is 22.3 Å². The van der Waals surface area contributed by atoms with Gasteiger partial charge in [0.2, 0.25) is 0 Å². The second-order valence-electron chi connectivity index (χ2n) is 2.93. The summed E-state index contributed by atoms with van der Waals surface area (Å²) in [5, 5.41) is 12.0. The van der Waals surface area contributed by atoms with Gasteiger partial charge in [-0.1, -0.05) is 0 Å². The van der Waals surface area contributed by atoms with Gasteiger partial charge in [0, 0.05) is 30.9 Å². The minimum Gasteiger partial charge on any atom is -0.385 e. The van der Waals surface area contributed by atoms with E-state index in [9.17, 15) is 0 Å². The van der Waals surface area contributed by atoms with E-state index in [1.54, 1.807) is 19.4 Å². The Balaban J connectivity index is 2.57. The zero-order valence-electron chi connectivity index (χ0n) is 8.46. The van der Waals surface area contributed by atoms with Gasteiger partial charge < -0.3 is 10.1 Å². The van der Waals surface area contributed by atoms with Gasteiger partial charge in [0.05, 0.1) is 5.56 Å². The Hall–Kier alpha value is -1.12. The van der Waals surface area contributed by atoms with E-state index in [-0.39, 0.29) is 0 Å². The summed E-state index contributed by atoms with van der Waals surface area (Å²) in [6.07, 6.45) is 2.55. The molecular weight excluding hydrogens is 258 g/mol. The molecule has 0 aliphatic carbocycles. The SMILES string of the molecule is COCCCNc1ncc(Br)cc1C#N. The van der Waals surface area contributed by atoms with Crippen molar-refractivity contribution >= 4 is 21.7 Å². The maximum absolute atomic E-state index is 8.87. The number of pyridine rings is 1. The fraction of sp³-hybridized carbons (Fsp3) is 0.400. The molecule has 0 amide bonds. The molecule has 4 nitrogen and oxygen atoms in total. The third-order valence-electron chi connectivity index (χ3n) is 1.79. The Bertz CT molecular complexity index is 362. The standard InChI is InChI=1S/C10H12BrN3O/c1-15-4-2-3-13-10-8(6-12)5-9(11)7-14-10/h5,7H,2-4H2,1H3,(H,13,14). The van der Waals surface area contributed by atoms with Crippen LogP contribution in [0, 0.1) is 11.3 Å². The van der Waals surface area contributed by atoms with Gasteiger partial charge in [0.1, 0.15) is 11.9 Å². The number of methoxy groups -OCH3 is 1. The molecule has 15 heavy (non-hydrogen) atoms. The van der Waals surface area contributed by atoms with Crippen LogP contribution >= 0.6 is 15.9 Å². The summed E-state index contributed by atoms with van der Waals surface area (Å²) in [6.45, 7) is 1.45. The van der Waals surface area contributed by atoms with E-state index in [2.05, 4.69) is 32.3 Å². The van der Waals surface area contributed by atoms with Crippen LogP contribution in [-0.2, 0) is 4.74 Å². The Morgan fingerprint density at radius 3 is 3.13 bits per heavy atom. The second kappa shape index (κ2) is 6.38. The predicted molar refractivity (Wildman–Crippen MR) is 61.6 cm³/mol. The Morgan fingerprint density at radius 2 is 2.47 bits per heavy atom. The molecule has 5 heteroatoms. The van der Waals surface area contributed by atoms with E-state index >= 15 is 0 Å². The molecule has 0 radical (unpaired) electrons. The van der Waals surface area contributed by atoms with Gasteiger partial charge in [0.15, 0.2) is 0 Å². The molecule has 0 aliphatic heterocycles. The molecule has 1 N–H and O–H groups in total. The molecule has 0 fully saturated rings. The predicted octanol–water partition coefficient (Wildman–Crippen LogP) is 2.16.